The van der Waals surface area contributed by atoms with Crippen molar-refractivity contribution in [3.05, 3.63) is 21.3 Å². The van der Waals surface area contributed by atoms with Gasteiger partial charge in [-0.15, -0.1) is 11.3 Å². The molecule has 1 atom stereocenters. The standard InChI is InChI=1S/C16H26ClNS/c1-16(2,3)12-7-5-11(6-8-12)14(18-4)15-13(17)9-10-19-15/h9-12,14,18H,5-8H2,1-4H3. The van der Waals surface area contributed by atoms with Crippen molar-refractivity contribution in [1.29, 1.82) is 0 Å². The molecule has 1 aromatic heterocycles. The molecule has 0 bridgehead atoms. The third-order valence-corrected chi connectivity index (χ3v) is 6.15. The summed E-state index contributed by atoms with van der Waals surface area (Å²) in [5, 5.41) is 6.53. The molecular formula is C16H26ClNS. The third-order valence-electron chi connectivity index (χ3n) is 4.71. The second-order valence-corrected chi connectivity index (χ2v) is 8.23. The Morgan fingerprint density at radius 3 is 2.32 bits per heavy atom. The van der Waals surface area contributed by atoms with E-state index in [1.54, 1.807) is 11.3 Å². The van der Waals surface area contributed by atoms with Crippen molar-refractivity contribution in [1.82, 2.24) is 5.32 Å². The first-order valence-corrected chi connectivity index (χ1v) is 8.59. The van der Waals surface area contributed by atoms with Crippen LogP contribution in [0, 0.1) is 17.3 Å². The van der Waals surface area contributed by atoms with E-state index in [2.05, 4.69) is 38.5 Å². The normalized spacial score (nSPS) is 26.4. The molecule has 0 amide bonds. The minimum absolute atomic E-state index is 0.438. The van der Waals surface area contributed by atoms with Crippen LogP contribution in [0.1, 0.15) is 57.4 Å². The summed E-state index contributed by atoms with van der Waals surface area (Å²) in [6.07, 6.45) is 5.36. The van der Waals surface area contributed by atoms with Crippen LogP contribution in [0.4, 0.5) is 0 Å². The van der Waals surface area contributed by atoms with Gasteiger partial charge in [0.15, 0.2) is 0 Å². The topological polar surface area (TPSA) is 12.0 Å². The molecule has 1 fully saturated rings. The predicted molar refractivity (Wildman–Crippen MR) is 86.0 cm³/mol. The van der Waals surface area contributed by atoms with Crippen LogP contribution in [-0.4, -0.2) is 7.05 Å². The zero-order valence-electron chi connectivity index (χ0n) is 12.5. The predicted octanol–water partition coefficient (Wildman–Crippen LogP) is 5.51. The second-order valence-electron chi connectivity index (χ2n) is 6.88. The lowest BCUT2D eigenvalue weighted by atomic mass is 9.68. The third kappa shape index (κ3) is 3.53. The summed E-state index contributed by atoms with van der Waals surface area (Å²) in [7, 11) is 2.07. The van der Waals surface area contributed by atoms with Crippen molar-refractivity contribution in [3.63, 3.8) is 0 Å². The summed E-state index contributed by atoms with van der Waals surface area (Å²) < 4.78 is 0. The lowest BCUT2D eigenvalue weighted by Crippen LogP contribution is -2.32. The Kier molecular flexibility index (Phi) is 4.97. The summed E-state index contributed by atoms with van der Waals surface area (Å²) in [5.74, 6) is 1.61. The van der Waals surface area contributed by atoms with Gasteiger partial charge in [-0.1, -0.05) is 32.4 Å². The maximum absolute atomic E-state index is 6.30. The Morgan fingerprint density at radius 2 is 1.89 bits per heavy atom. The van der Waals surface area contributed by atoms with Crippen LogP contribution in [-0.2, 0) is 0 Å². The number of rotatable bonds is 3. The molecule has 2 rings (SSSR count). The lowest BCUT2D eigenvalue weighted by molar-refractivity contribution is 0.135. The molecule has 1 saturated carbocycles. The summed E-state index contributed by atoms with van der Waals surface area (Å²) >= 11 is 8.09. The minimum Gasteiger partial charge on any atom is -0.312 e. The minimum atomic E-state index is 0.438. The summed E-state index contributed by atoms with van der Waals surface area (Å²) in [5.41, 5.74) is 0.459. The van der Waals surface area contributed by atoms with Crippen molar-refractivity contribution < 1.29 is 0 Å². The fourth-order valence-corrected chi connectivity index (χ4v) is 4.80. The largest absolute Gasteiger partial charge is 0.312 e. The van der Waals surface area contributed by atoms with E-state index in [9.17, 15) is 0 Å². The highest BCUT2D eigenvalue weighted by Crippen LogP contribution is 2.45. The van der Waals surface area contributed by atoms with Crippen molar-refractivity contribution in [2.24, 2.45) is 17.3 Å². The Bertz CT molecular complexity index is 399. The fraction of sp³-hybridized carbons (Fsp3) is 0.750. The molecule has 19 heavy (non-hydrogen) atoms. The van der Waals surface area contributed by atoms with Crippen LogP contribution in [0.5, 0.6) is 0 Å². The Hall–Kier alpha value is -0.0500. The molecule has 0 saturated heterocycles. The average molecular weight is 300 g/mol. The Labute approximate surface area is 126 Å². The molecule has 1 nitrogen and oxygen atoms in total. The lowest BCUT2D eigenvalue weighted by Gasteiger charge is -2.39. The maximum atomic E-state index is 6.30. The summed E-state index contributed by atoms with van der Waals surface area (Å²) in [6, 6.07) is 2.46. The Balaban J connectivity index is 2.02. The first-order valence-electron chi connectivity index (χ1n) is 7.33. The average Bonchev–Trinajstić information content (AvgIpc) is 2.76. The fourth-order valence-electron chi connectivity index (χ4n) is 3.43. The first kappa shape index (κ1) is 15.3. The molecule has 1 unspecified atom stereocenters. The quantitative estimate of drug-likeness (QED) is 0.775. The molecule has 3 heteroatoms. The molecule has 108 valence electrons. The van der Waals surface area contributed by atoms with E-state index in [1.165, 1.54) is 30.6 Å². The van der Waals surface area contributed by atoms with Gasteiger partial charge in [-0.2, -0.15) is 0 Å². The molecule has 0 radical (unpaired) electrons. The molecule has 1 aliphatic carbocycles. The number of halogens is 1. The second kappa shape index (κ2) is 6.15. The van der Waals surface area contributed by atoms with Crippen LogP contribution in [0.2, 0.25) is 5.02 Å². The van der Waals surface area contributed by atoms with Gasteiger partial charge >= 0.3 is 0 Å². The van der Waals surface area contributed by atoms with Gasteiger partial charge in [0.25, 0.3) is 0 Å². The zero-order valence-corrected chi connectivity index (χ0v) is 14.1. The highest BCUT2D eigenvalue weighted by atomic mass is 35.5. The van der Waals surface area contributed by atoms with Crippen molar-refractivity contribution >= 4 is 22.9 Å². The van der Waals surface area contributed by atoms with Gasteiger partial charge in [-0.3, -0.25) is 0 Å². The Morgan fingerprint density at radius 1 is 1.26 bits per heavy atom. The molecule has 1 heterocycles. The van der Waals surface area contributed by atoms with Gasteiger partial charge in [0, 0.05) is 10.9 Å². The number of hydrogen-bond acceptors (Lipinski definition) is 2. The zero-order chi connectivity index (χ0) is 14.0. The van der Waals surface area contributed by atoms with Crippen LogP contribution >= 0.6 is 22.9 Å². The van der Waals surface area contributed by atoms with Crippen LogP contribution in [0.25, 0.3) is 0 Å². The van der Waals surface area contributed by atoms with Crippen molar-refractivity contribution in [2.45, 2.75) is 52.5 Å². The van der Waals surface area contributed by atoms with Gasteiger partial charge < -0.3 is 5.32 Å². The van der Waals surface area contributed by atoms with E-state index in [1.807, 2.05) is 6.07 Å². The molecule has 0 spiro atoms. The van der Waals surface area contributed by atoms with Crippen LogP contribution in [0.3, 0.4) is 0 Å². The number of hydrogen-bond donors (Lipinski definition) is 1. The van der Waals surface area contributed by atoms with E-state index in [-0.39, 0.29) is 0 Å². The van der Waals surface area contributed by atoms with Gasteiger partial charge in [-0.05, 0) is 61.4 Å². The summed E-state index contributed by atoms with van der Waals surface area (Å²) in [6.45, 7) is 7.14. The molecule has 1 aliphatic rings. The monoisotopic (exact) mass is 299 g/mol. The van der Waals surface area contributed by atoms with Gasteiger partial charge in [0.2, 0.25) is 0 Å². The molecule has 0 aromatic carbocycles. The van der Waals surface area contributed by atoms with Gasteiger partial charge in [-0.25, -0.2) is 0 Å². The molecule has 0 aliphatic heterocycles. The SMILES string of the molecule is CNC(c1sccc1Cl)C1CCC(C(C)(C)C)CC1. The van der Waals surface area contributed by atoms with Crippen molar-refractivity contribution in [3.8, 4) is 0 Å². The van der Waals surface area contributed by atoms with Crippen molar-refractivity contribution in [2.75, 3.05) is 7.05 Å². The van der Waals surface area contributed by atoms with Gasteiger partial charge in [0.1, 0.15) is 0 Å². The number of nitrogens with one attached hydrogen (secondary N) is 1. The van der Waals surface area contributed by atoms with E-state index >= 15 is 0 Å². The molecule has 1 aromatic rings. The van der Waals surface area contributed by atoms with E-state index in [4.69, 9.17) is 11.6 Å². The van der Waals surface area contributed by atoms with Gasteiger partial charge in [0.05, 0.1) is 5.02 Å². The highest BCUT2D eigenvalue weighted by molar-refractivity contribution is 7.10. The van der Waals surface area contributed by atoms with E-state index in [0.717, 1.165) is 16.9 Å². The highest BCUT2D eigenvalue weighted by Gasteiger charge is 2.33. The van der Waals surface area contributed by atoms with E-state index in [0.29, 0.717) is 11.5 Å². The van der Waals surface area contributed by atoms with Crippen LogP contribution < -0.4 is 5.32 Å². The molecular weight excluding hydrogens is 274 g/mol. The maximum Gasteiger partial charge on any atom is 0.0561 e. The molecule has 1 N–H and O–H groups in total. The smallest absolute Gasteiger partial charge is 0.0561 e. The van der Waals surface area contributed by atoms with E-state index < -0.39 is 0 Å². The summed E-state index contributed by atoms with van der Waals surface area (Å²) in [4.78, 5) is 1.32. The number of thiophene rings is 1. The first-order chi connectivity index (χ1) is 8.93. The van der Waals surface area contributed by atoms with Crippen LogP contribution in [0.15, 0.2) is 11.4 Å².